The number of rotatable bonds is 3. The first-order chi connectivity index (χ1) is 8.86. The highest BCUT2D eigenvalue weighted by Crippen LogP contribution is 2.29. The first-order valence-electron chi connectivity index (χ1n) is 5.88. The molecule has 1 aliphatic rings. The van der Waals surface area contributed by atoms with Crippen molar-refractivity contribution in [3.63, 3.8) is 0 Å². The molecule has 1 aliphatic heterocycles. The molecule has 0 aromatic carbocycles. The molecule has 0 atom stereocenters. The fraction of sp³-hybridized carbons (Fsp3) is 0.455. The fourth-order valence-corrected chi connectivity index (χ4v) is 2.71. The van der Waals surface area contributed by atoms with Crippen molar-refractivity contribution in [2.45, 2.75) is 0 Å². The highest BCUT2D eigenvalue weighted by Gasteiger charge is 2.16. The Labute approximate surface area is 109 Å². The summed E-state index contributed by atoms with van der Waals surface area (Å²) in [5, 5.41) is 12.5. The number of thiophene rings is 1. The highest BCUT2D eigenvalue weighted by atomic mass is 32.1. The van der Waals surface area contributed by atoms with Crippen LogP contribution >= 0.6 is 11.3 Å². The van der Waals surface area contributed by atoms with Crippen molar-refractivity contribution in [1.29, 1.82) is 0 Å². The minimum atomic E-state index is 0.777. The molecule has 96 valence electrons. The average Bonchev–Trinajstić information content (AvgIpc) is 3.08. The topological polar surface area (TPSA) is 66.1 Å². The van der Waals surface area contributed by atoms with E-state index in [-0.39, 0.29) is 0 Å². The van der Waals surface area contributed by atoms with Gasteiger partial charge in [-0.2, -0.15) is 4.98 Å². The lowest BCUT2D eigenvalue weighted by molar-refractivity contribution is 0.417. The Kier molecular flexibility index (Phi) is 3.16. The van der Waals surface area contributed by atoms with Crippen molar-refractivity contribution in [3.8, 4) is 16.5 Å². The molecule has 2 N–H and O–H groups in total. The van der Waals surface area contributed by atoms with Crippen LogP contribution in [0.1, 0.15) is 0 Å². The molecular weight excluding hydrogens is 250 g/mol. The Balaban J connectivity index is 1.79. The molecular formula is C11H15N5OS. The number of methoxy groups -OCH3 is 1. The van der Waals surface area contributed by atoms with Crippen molar-refractivity contribution in [1.82, 2.24) is 20.5 Å². The van der Waals surface area contributed by atoms with Gasteiger partial charge < -0.3 is 15.0 Å². The van der Waals surface area contributed by atoms with Gasteiger partial charge in [-0.15, -0.1) is 16.4 Å². The summed E-state index contributed by atoms with van der Waals surface area (Å²) >= 11 is 1.60. The highest BCUT2D eigenvalue weighted by molar-refractivity contribution is 7.13. The van der Waals surface area contributed by atoms with Crippen LogP contribution in [-0.4, -0.2) is 48.5 Å². The van der Waals surface area contributed by atoms with E-state index in [2.05, 4.69) is 25.4 Å². The van der Waals surface area contributed by atoms with Gasteiger partial charge in [0.2, 0.25) is 5.95 Å². The Morgan fingerprint density at radius 2 is 2.22 bits per heavy atom. The summed E-state index contributed by atoms with van der Waals surface area (Å²) in [7, 11) is 1.67. The largest absolute Gasteiger partial charge is 0.496 e. The lowest BCUT2D eigenvalue weighted by Gasteiger charge is -2.25. The maximum Gasteiger partial charge on any atom is 0.245 e. The van der Waals surface area contributed by atoms with Crippen LogP contribution < -0.4 is 15.0 Å². The van der Waals surface area contributed by atoms with Crippen molar-refractivity contribution < 1.29 is 4.74 Å². The predicted octanol–water partition coefficient (Wildman–Crippen LogP) is 0.951. The van der Waals surface area contributed by atoms with Crippen LogP contribution in [0.15, 0.2) is 11.4 Å². The number of hydrogen-bond donors (Lipinski definition) is 2. The third kappa shape index (κ3) is 2.19. The lowest BCUT2D eigenvalue weighted by Crippen LogP contribution is -2.44. The van der Waals surface area contributed by atoms with Gasteiger partial charge in [-0.25, -0.2) is 0 Å². The first-order valence-corrected chi connectivity index (χ1v) is 6.76. The maximum absolute atomic E-state index is 5.17. The summed E-state index contributed by atoms with van der Waals surface area (Å²) in [6.07, 6.45) is 0. The Morgan fingerprint density at radius 3 is 2.94 bits per heavy atom. The zero-order valence-corrected chi connectivity index (χ0v) is 11.0. The number of anilines is 1. The number of aromatic nitrogens is 3. The molecule has 1 saturated heterocycles. The second-order valence-corrected chi connectivity index (χ2v) is 4.98. The van der Waals surface area contributed by atoms with Crippen molar-refractivity contribution in [2.75, 3.05) is 38.2 Å². The second-order valence-electron chi connectivity index (χ2n) is 4.07. The smallest absolute Gasteiger partial charge is 0.245 e. The van der Waals surface area contributed by atoms with Gasteiger partial charge in [-0.1, -0.05) is 0 Å². The molecule has 7 heteroatoms. The van der Waals surface area contributed by atoms with Crippen molar-refractivity contribution in [2.24, 2.45) is 0 Å². The summed E-state index contributed by atoms with van der Waals surface area (Å²) < 4.78 is 5.17. The number of ether oxygens (including phenoxy) is 1. The van der Waals surface area contributed by atoms with E-state index in [0.29, 0.717) is 0 Å². The summed E-state index contributed by atoms with van der Waals surface area (Å²) in [5.41, 5.74) is 0. The molecule has 6 nitrogen and oxygen atoms in total. The number of piperazine rings is 1. The standard InChI is InChI=1S/C11H15N5OS/c1-17-8-6-9(18-7-8)10-13-11(15-14-10)16-4-2-12-3-5-16/h6-7,12H,2-5H2,1H3,(H,13,14,15). The van der Waals surface area contributed by atoms with Crippen LogP contribution in [0.4, 0.5) is 5.95 Å². The van der Waals surface area contributed by atoms with Crippen LogP contribution in [0.25, 0.3) is 10.7 Å². The average molecular weight is 265 g/mol. The van der Waals surface area contributed by atoms with Crippen LogP contribution in [0.3, 0.4) is 0 Å². The van der Waals surface area contributed by atoms with Gasteiger partial charge >= 0.3 is 0 Å². The molecule has 0 unspecified atom stereocenters. The number of hydrogen-bond acceptors (Lipinski definition) is 6. The number of nitrogens with one attached hydrogen (secondary N) is 2. The monoisotopic (exact) mass is 265 g/mol. The number of nitrogens with zero attached hydrogens (tertiary/aromatic N) is 3. The molecule has 0 bridgehead atoms. The van der Waals surface area contributed by atoms with E-state index in [4.69, 9.17) is 4.74 Å². The van der Waals surface area contributed by atoms with E-state index in [0.717, 1.165) is 48.6 Å². The van der Waals surface area contributed by atoms with Crippen LogP contribution in [0, 0.1) is 0 Å². The van der Waals surface area contributed by atoms with Crippen molar-refractivity contribution in [3.05, 3.63) is 11.4 Å². The third-order valence-electron chi connectivity index (χ3n) is 2.92. The summed E-state index contributed by atoms with van der Waals surface area (Å²) in [4.78, 5) is 7.76. The third-order valence-corrected chi connectivity index (χ3v) is 3.83. The van der Waals surface area contributed by atoms with Crippen LogP contribution in [0.5, 0.6) is 5.75 Å². The Morgan fingerprint density at radius 1 is 1.39 bits per heavy atom. The predicted molar refractivity (Wildman–Crippen MR) is 71.3 cm³/mol. The summed E-state index contributed by atoms with van der Waals surface area (Å²) in [6.45, 7) is 3.86. The van der Waals surface area contributed by atoms with Gasteiger partial charge in [-0.05, 0) is 0 Å². The molecule has 2 aromatic heterocycles. The van der Waals surface area contributed by atoms with E-state index in [1.165, 1.54) is 0 Å². The molecule has 3 rings (SSSR count). The minimum Gasteiger partial charge on any atom is -0.496 e. The van der Waals surface area contributed by atoms with Crippen LogP contribution in [-0.2, 0) is 0 Å². The van der Waals surface area contributed by atoms with Gasteiger partial charge in [0.25, 0.3) is 0 Å². The first kappa shape index (κ1) is 11.5. The summed E-state index contributed by atoms with van der Waals surface area (Å²) in [6, 6.07) is 1.96. The molecule has 3 heterocycles. The molecule has 0 amide bonds. The molecule has 1 fully saturated rings. The van der Waals surface area contributed by atoms with E-state index in [1.807, 2.05) is 11.4 Å². The number of aromatic amines is 1. The zero-order valence-electron chi connectivity index (χ0n) is 10.1. The van der Waals surface area contributed by atoms with E-state index in [9.17, 15) is 0 Å². The molecule has 18 heavy (non-hydrogen) atoms. The van der Waals surface area contributed by atoms with Gasteiger partial charge in [0.15, 0.2) is 5.82 Å². The molecule has 0 spiro atoms. The van der Waals surface area contributed by atoms with E-state index in [1.54, 1.807) is 18.4 Å². The quantitative estimate of drug-likeness (QED) is 0.865. The normalized spacial score (nSPS) is 15.9. The SMILES string of the molecule is COc1csc(-c2nc(N3CCNCC3)n[nH]2)c1. The molecule has 0 saturated carbocycles. The maximum atomic E-state index is 5.17. The van der Waals surface area contributed by atoms with Gasteiger partial charge in [0.05, 0.1) is 12.0 Å². The fourth-order valence-electron chi connectivity index (χ4n) is 1.92. The van der Waals surface area contributed by atoms with Gasteiger partial charge in [-0.3, -0.25) is 5.10 Å². The van der Waals surface area contributed by atoms with E-state index >= 15 is 0 Å². The lowest BCUT2D eigenvalue weighted by atomic mass is 10.4. The summed E-state index contributed by atoms with van der Waals surface area (Å²) in [5.74, 6) is 2.44. The number of H-pyrrole nitrogens is 1. The van der Waals surface area contributed by atoms with Gasteiger partial charge in [0.1, 0.15) is 5.75 Å². The van der Waals surface area contributed by atoms with E-state index < -0.39 is 0 Å². The van der Waals surface area contributed by atoms with Gasteiger partial charge in [0, 0.05) is 37.6 Å². The molecule has 2 aromatic rings. The molecule has 0 radical (unpaired) electrons. The second kappa shape index (κ2) is 4.95. The minimum absolute atomic E-state index is 0.777. The van der Waals surface area contributed by atoms with Crippen LogP contribution in [0.2, 0.25) is 0 Å². The Hall–Kier alpha value is -1.60. The Bertz CT molecular complexity index is 517. The molecule has 0 aliphatic carbocycles. The van der Waals surface area contributed by atoms with Crippen molar-refractivity contribution >= 4 is 17.3 Å². The zero-order chi connectivity index (χ0) is 12.4.